The van der Waals surface area contributed by atoms with Gasteiger partial charge in [-0.25, -0.2) is 0 Å². The summed E-state index contributed by atoms with van der Waals surface area (Å²) in [5.74, 6) is 0.0889. The van der Waals surface area contributed by atoms with Gasteiger partial charge < -0.3 is 15.2 Å². The highest BCUT2D eigenvalue weighted by atomic mass is 16.5. The molecule has 0 heterocycles. The van der Waals surface area contributed by atoms with Gasteiger partial charge in [-0.2, -0.15) is 0 Å². The average molecular weight is 203 g/mol. The van der Waals surface area contributed by atoms with Crippen molar-refractivity contribution in [1.29, 1.82) is 0 Å². The van der Waals surface area contributed by atoms with Gasteiger partial charge in [-0.15, -0.1) is 0 Å². The van der Waals surface area contributed by atoms with E-state index in [4.69, 9.17) is 9.84 Å². The van der Waals surface area contributed by atoms with E-state index in [0.29, 0.717) is 26.2 Å². The highest BCUT2D eigenvalue weighted by Gasteiger charge is 1.98. The zero-order valence-corrected chi connectivity index (χ0v) is 8.92. The number of carbonyl (C=O) groups excluding carboxylic acids is 1. The van der Waals surface area contributed by atoms with Crippen LogP contribution in [0.1, 0.15) is 32.6 Å². The van der Waals surface area contributed by atoms with E-state index >= 15 is 0 Å². The topological polar surface area (TPSA) is 58.6 Å². The van der Waals surface area contributed by atoms with Crippen molar-refractivity contribution < 1.29 is 14.6 Å². The zero-order valence-electron chi connectivity index (χ0n) is 8.92. The third-order valence-electron chi connectivity index (χ3n) is 1.81. The summed E-state index contributed by atoms with van der Waals surface area (Å²) in [7, 11) is 0. The Kier molecular flexibility index (Phi) is 10.0. The largest absolute Gasteiger partial charge is 0.394 e. The molecule has 0 radical (unpaired) electrons. The fourth-order valence-electron chi connectivity index (χ4n) is 1.05. The summed E-state index contributed by atoms with van der Waals surface area (Å²) in [6.07, 6.45) is 3.80. The van der Waals surface area contributed by atoms with E-state index in [1.165, 1.54) is 0 Å². The van der Waals surface area contributed by atoms with Crippen LogP contribution in [0.25, 0.3) is 0 Å². The number of nitrogens with one attached hydrogen (secondary N) is 1. The summed E-state index contributed by atoms with van der Waals surface area (Å²) in [5, 5.41) is 11.2. The van der Waals surface area contributed by atoms with Crippen molar-refractivity contribution in [1.82, 2.24) is 5.32 Å². The lowest BCUT2D eigenvalue weighted by Crippen LogP contribution is -2.27. The minimum absolute atomic E-state index is 0.0322. The standard InChI is InChI=1S/C10H21NO3/c1-2-3-4-5-10(13)11-6-8-14-9-7-12/h12H,2-9H2,1H3,(H,11,13). The summed E-state index contributed by atoms with van der Waals surface area (Å²) >= 11 is 0. The van der Waals surface area contributed by atoms with Crippen LogP contribution in [0, 0.1) is 0 Å². The van der Waals surface area contributed by atoms with Crippen molar-refractivity contribution in [2.75, 3.05) is 26.4 Å². The van der Waals surface area contributed by atoms with Gasteiger partial charge in [0.1, 0.15) is 0 Å². The molecule has 0 saturated carbocycles. The summed E-state index contributed by atoms with van der Waals surface area (Å²) in [6.45, 7) is 3.49. The number of hydrogen-bond acceptors (Lipinski definition) is 3. The van der Waals surface area contributed by atoms with Gasteiger partial charge in [0.15, 0.2) is 0 Å². The minimum Gasteiger partial charge on any atom is -0.394 e. The number of unbranched alkanes of at least 4 members (excludes halogenated alkanes) is 2. The summed E-state index contributed by atoms with van der Waals surface area (Å²) in [5.41, 5.74) is 0. The number of aliphatic hydroxyl groups is 1. The van der Waals surface area contributed by atoms with Gasteiger partial charge >= 0.3 is 0 Å². The second kappa shape index (κ2) is 10.5. The van der Waals surface area contributed by atoms with E-state index < -0.39 is 0 Å². The maximum Gasteiger partial charge on any atom is 0.220 e. The molecule has 14 heavy (non-hydrogen) atoms. The summed E-state index contributed by atoms with van der Waals surface area (Å²) in [4.78, 5) is 11.1. The number of amides is 1. The van der Waals surface area contributed by atoms with Gasteiger partial charge in [-0.05, 0) is 6.42 Å². The molecule has 0 bridgehead atoms. The normalized spacial score (nSPS) is 10.1. The van der Waals surface area contributed by atoms with Crippen molar-refractivity contribution in [3.8, 4) is 0 Å². The molecule has 0 spiro atoms. The monoisotopic (exact) mass is 203 g/mol. The Hall–Kier alpha value is -0.610. The summed E-state index contributed by atoms with van der Waals surface area (Å²) in [6, 6.07) is 0. The first kappa shape index (κ1) is 13.4. The van der Waals surface area contributed by atoms with Gasteiger partial charge in [0.25, 0.3) is 0 Å². The number of rotatable bonds is 9. The molecule has 0 aromatic heterocycles. The number of carbonyl (C=O) groups is 1. The Morgan fingerprint density at radius 1 is 1.36 bits per heavy atom. The highest BCUT2D eigenvalue weighted by Crippen LogP contribution is 1.97. The fraction of sp³-hybridized carbons (Fsp3) is 0.900. The van der Waals surface area contributed by atoms with E-state index in [9.17, 15) is 4.79 Å². The van der Waals surface area contributed by atoms with Crippen molar-refractivity contribution in [2.45, 2.75) is 32.6 Å². The van der Waals surface area contributed by atoms with E-state index in [1.54, 1.807) is 0 Å². The molecule has 0 atom stereocenters. The molecule has 0 saturated heterocycles. The van der Waals surface area contributed by atoms with Crippen molar-refractivity contribution >= 4 is 5.91 Å². The van der Waals surface area contributed by atoms with E-state index in [2.05, 4.69) is 12.2 Å². The van der Waals surface area contributed by atoms with Crippen LogP contribution in [-0.4, -0.2) is 37.4 Å². The first-order valence-electron chi connectivity index (χ1n) is 5.26. The van der Waals surface area contributed by atoms with Crippen LogP contribution >= 0.6 is 0 Å². The lowest BCUT2D eigenvalue weighted by molar-refractivity contribution is -0.121. The van der Waals surface area contributed by atoms with Gasteiger partial charge in [-0.1, -0.05) is 19.8 Å². The first-order chi connectivity index (χ1) is 6.81. The predicted molar refractivity (Wildman–Crippen MR) is 55.1 cm³/mol. The van der Waals surface area contributed by atoms with Crippen LogP contribution in [0.15, 0.2) is 0 Å². The van der Waals surface area contributed by atoms with Crippen molar-refractivity contribution in [2.24, 2.45) is 0 Å². The SMILES string of the molecule is CCCCCC(=O)NCCOCCO. The Labute approximate surface area is 85.6 Å². The maximum absolute atomic E-state index is 11.1. The third-order valence-corrected chi connectivity index (χ3v) is 1.81. The van der Waals surface area contributed by atoms with Crippen LogP contribution in [0.5, 0.6) is 0 Å². The second-order valence-corrected chi connectivity index (χ2v) is 3.14. The minimum atomic E-state index is 0.0322. The first-order valence-corrected chi connectivity index (χ1v) is 5.26. The number of ether oxygens (including phenoxy) is 1. The molecule has 0 aromatic carbocycles. The molecular formula is C10H21NO3. The third kappa shape index (κ3) is 9.48. The number of aliphatic hydroxyl groups excluding tert-OH is 1. The molecule has 0 rings (SSSR count). The van der Waals surface area contributed by atoms with E-state index in [1.807, 2.05) is 0 Å². The van der Waals surface area contributed by atoms with Crippen molar-refractivity contribution in [3.05, 3.63) is 0 Å². The lowest BCUT2D eigenvalue weighted by Gasteiger charge is -2.04. The molecule has 1 amide bonds. The van der Waals surface area contributed by atoms with E-state index in [-0.39, 0.29) is 12.5 Å². The van der Waals surface area contributed by atoms with Crippen LogP contribution in [-0.2, 0) is 9.53 Å². The van der Waals surface area contributed by atoms with Gasteiger partial charge in [0.2, 0.25) is 5.91 Å². The number of hydrogen-bond donors (Lipinski definition) is 2. The molecule has 0 aromatic rings. The Morgan fingerprint density at radius 3 is 2.79 bits per heavy atom. The molecule has 0 fully saturated rings. The second-order valence-electron chi connectivity index (χ2n) is 3.14. The molecule has 0 aliphatic heterocycles. The Balaban J connectivity index is 3.10. The fourth-order valence-corrected chi connectivity index (χ4v) is 1.05. The Morgan fingerprint density at radius 2 is 2.14 bits per heavy atom. The Bertz CT molecular complexity index is 139. The molecule has 4 heteroatoms. The quantitative estimate of drug-likeness (QED) is 0.542. The van der Waals surface area contributed by atoms with E-state index in [0.717, 1.165) is 19.3 Å². The lowest BCUT2D eigenvalue weighted by atomic mass is 10.2. The molecule has 0 aliphatic carbocycles. The molecule has 0 unspecified atom stereocenters. The predicted octanol–water partition coefficient (Wildman–Crippen LogP) is 0.692. The molecule has 4 nitrogen and oxygen atoms in total. The van der Waals surface area contributed by atoms with Crippen LogP contribution in [0.4, 0.5) is 0 Å². The maximum atomic E-state index is 11.1. The van der Waals surface area contributed by atoms with Crippen LogP contribution < -0.4 is 5.32 Å². The van der Waals surface area contributed by atoms with Crippen molar-refractivity contribution in [3.63, 3.8) is 0 Å². The summed E-state index contributed by atoms with van der Waals surface area (Å²) < 4.78 is 4.99. The van der Waals surface area contributed by atoms with Gasteiger partial charge in [0, 0.05) is 13.0 Å². The van der Waals surface area contributed by atoms with Crippen LogP contribution in [0.2, 0.25) is 0 Å². The highest BCUT2D eigenvalue weighted by molar-refractivity contribution is 5.75. The molecular weight excluding hydrogens is 182 g/mol. The molecule has 0 aliphatic rings. The molecule has 84 valence electrons. The smallest absolute Gasteiger partial charge is 0.220 e. The van der Waals surface area contributed by atoms with Gasteiger partial charge in [-0.3, -0.25) is 4.79 Å². The average Bonchev–Trinajstić information content (AvgIpc) is 2.18. The zero-order chi connectivity index (χ0) is 10.6. The van der Waals surface area contributed by atoms with Crippen LogP contribution in [0.3, 0.4) is 0 Å². The molecule has 2 N–H and O–H groups in total. The van der Waals surface area contributed by atoms with Gasteiger partial charge in [0.05, 0.1) is 19.8 Å².